The zero-order valence-corrected chi connectivity index (χ0v) is 9.97. The fourth-order valence-electron chi connectivity index (χ4n) is 1.77. The number of methoxy groups -OCH3 is 1. The van der Waals surface area contributed by atoms with Gasteiger partial charge in [0.1, 0.15) is 11.9 Å². The molecule has 5 nitrogen and oxygen atoms in total. The van der Waals surface area contributed by atoms with Crippen molar-refractivity contribution in [1.82, 2.24) is 4.90 Å². The number of carbonyl (C=O) groups is 1. The number of likely N-dealkylation sites (N-methyl/N-ethyl adjacent to an activating group) is 1. The summed E-state index contributed by atoms with van der Waals surface area (Å²) < 4.78 is 10.4. The average Bonchev–Trinajstić information content (AvgIpc) is 2.66. The van der Waals surface area contributed by atoms with Crippen LogP contribution in [0.2, 0.25) is 0 Å². The van der Waals surface area contributed by atoms with Crippen LogP contribution in [-0.2, 0) is 4.74 Å². The summed E-state index contributed by atoms with van der Waals surface area (Å²) in [4.78, 5) is 12.7. The molecule has 0 saturated carbocycles. The van der Waals surface area contributed by atoms with Crippen LogP contribution in [0.3, 0.4) is 0 Å². The van der Waals surface area contributed by atoms with Crippen molar-refractivity contribution < 1.29 is 14.3 Å². The number of ether oxygens (including phenoxy) is 2. The molecule has 0 aliphatic carbocycles. The van der Waals surface area contributed by atoms with Crippen LogP contribution in [0.25, 0.3) is 0 Å². The van der Waals surface area contributed by atoms with E-state index in [2.05, 4.69) is 5.32 Å². The van der Waals surface area contributed by atoms with Crippen molar-refractivity contribution in [1.29, 1.82) is 0 Å². The largest absolute Gasteiger partial charge is 0.495 e. The van der Waals surface area contributed by atoms with Gasteiger partial charge in [0.25, 0.3) is 0 Å². The first-order valence-corrected chi connectivity index (χ1v) is 5.49. The second kappa shape index (κ2) is 4.95. The zero-order chi connectivity index (χ0) is 12.3. The predicted octanol–water partition coefficient (Wildman–Crippen LogP) is 1.56. The molecule has 92 valence electrons. The monoisotopic (exact) mass is 236 g/mol. The number of hydrogen-bond acceptors (Lipinski definition) is 4. The standard InChI is InChI=1S/C12H16N2O3/c1-14-8-9(17-12(14)15)7-13-10-5-3-4-6-11(10)16-2/h3-6,9,13H,7-8H2,1-2H3/t9-/m0/s1. The number of anilines is 1. The van der Waals surface area contributed by atoms with E-state index in [9.17, 15) is 4.79 Å². The van der Waals surface area contributed by atoms with E-state index in [1.165, 1.54) is 0 Å². The van der Waals surface area contributed by atoms with E-state index in [1.54, 1.807) is 19.1 Å². The van der Waals surface area contributed by atoms with Crippen molar-refractivity contribution in [2.24, 2.45) is 0 Å². The molecule has 0 bridgehead atoms. The number of para-hydroxylation sites is 2. The topological polar surface area (TPSA) is 50.8 Å². The average molecular weight is 236 g/mol. The second-order valence-electron chi connectivity index (χ2n) is 3.97. The van der Waals surface area contributed by atoms with Gasteiger partial charge in [-0.1, -0.05) is 12.1 Å². The van der Waals surface area contributed by atoms with E-state index in [-0.39, 0.29) is 12.2 Å². The number of rotatable bonds is 4. The Bertz CT molecular complexity index is 408. The van der Waals surface area contributed by atoms with Crippen LogP contribution >= 0.6 is 0 Å². The molecule has 1 aromatic rings. The molecule has 5 heteroatoms. The summed E-state index contributed by atoms with van der Waals surface area (Å²) in [6, 6.07) is 7.65. The lowest BCUT2D eigenvalue weighted by atomic mass is 10.2. The summed E-state index contributed by atoms with van der Waals surface area (Å²) in [5.74, 6) is 0.783. The van der Waals surface area contributed by atoms with Crippen LogP contribution in [0.1, 0.15) is 0 Å². The van der Waals surface area contributed by atoms with E-state index in [0.29, 0.717) is 13.1 Å². The Kier molecular flexibility index (Phi) is 3.37. The highest BCUT2D eigenvalue weighted by Gasteiger charge is 2.27. The maximum Gasteiger partial charge on any atom is 0.410 e. The minimum absolute atomic E-state index is 0.114. The van der Waals surface area contributed by atoms with Crippen LogP contribution in [0.5, 0.6) is 5.75 Å². The molecule has 1 amide bonds. The lowest BCUT2D eigenvalue weighted by Crippen LogP contribution is -2.24. The van der Waals surface area contributed by atoms with E-state index in [4.69, 9.17) is 9.47 Å². The molecule has 2 rings (SSSR count). The highest BCUT2D eigenvalue weighted by Crippen LogP contribution is 2.23. The molecule has 1 aliphatic heterocycles. The van der Waals surface area contributed by atoms with Gasteiger partial charge < -0.3 is 19.7 Å². The summed E-state index contributed by atoms with van der Waals surface area (Å²) in [5.41, 5.74) is 0.903. The molecule has 1 N–H and O–H groups in total. The normalized spacial score (nSPS) is 19.1. The predicted molar refractivity (Wildman–Crippen MR) is 64.4 cm³/mol. The highest BCUT2D eigenvalue weighted by molar-refractivity contribution is 5.69. The SMILES string of the molecule is COc1ccccc1NC[C@H]1CN(C)C(=O)O1. The maximum atomic E-state index is 11.2. The van der Waals surface area contributed by atoms with Crippen LogP contribution in [0.15, 0.2) is 24.3 Å². The van der Waals surface area contributed by atoms with Gasteiger partial charge in [-0.25, -0.2) is 4.79 Å². The first-order valence-electron chi connectivity index (χ1n) is 5.49. The first kappa shape index (κ1) is 11.6. The van der Waals surface area contributed by atoms with Crippen molar-refractivity contribution in [3.63, 3.8) is 0 Å². The van der Waals surface area contributed by atoms with Crippen LogP contribution in [0.4, 0.5) is 10.5 Å². The Hall–Kier alpha value is -1.91. The Morgan fingerprint density at radius 3 is 2.94 bits per heavy atom. The molecule has 0 aromatic heterocycles. The summed E-state index contributed by atoms with van der Waals surface area (Å²) in [7, 11) is 3.36. The maximum absolute atomic E-state index is 11.2. The van der Waals surface area contributed by atoms with Gasteiger partial charge in [-0.05, 0) is 12.1 Å². The van der Waals surface area contributed by atoms with Crippen molar-refractivity contribution in [2.45, 2.75) is 6.10 Å². The van der Waals surface area contributed by atoms with Gasteiger partial charge in [-0.2, -0.15) is 0 Å². The van der Waals surface area contributed by atoms with Gasteiger partial charge in [0.15, 0.2) is 0 Å². The lowest BCUT2D eigenvalue weighted by molar-refractivity contribution is 0.138. The molecule has 1 atom stereocenters. The molecule has 17 heavy (non-hydrogen) atoms. The first-order chi connectivity index (χ1) is 8.20. The number of hydrogen-bond donors (Lipinski definition) is 1. The van der Waals surface area contributed by atoms with E-state index >= 15 is 0 Å². The smallest absolute Gasteiger partial charge is 0.410 e. The van der Waals surface area contributed by atoms with Crippen LogP contribution in [0, 0.1) is 0 Å². The van der Waals surface area contributed by atoms with E-state index in [1.807, 2.05) is 24.3 Å². The number of benzene rings is 1. The molecule has 1 saturated heterocycles. The van der Waals surface area contributed by atoms with Crippen molar-refractivity contribution in [2.75, 3.05) is 32.6 Å². The zero-order valence-electron chi connectivity index (χ0n) is 9.97. The lowest BCUT2D eigenvalue weighted by Gasteiger charge is -2.13. The molecule has 0 spiro atoms. The quantitative estimate of drug-likeness (QED) is 0.862. The number of nitrogens with zero attached hydrogens (tertiary/aromatic N) is 1. The third kappa shape index (κ3) is 2.61. The molecule has 1 fully saturated rings. The molecular formula is C12H16N2O3. The molecule has 1 heterocycles. The van der Waals surface area contributed by atoms with E-state index in [0.717, 1.165) is 11.4 Å². The van der Waals surface area contributed by atoms with Crippen LogP contribution in [-0.4, -0.2) is 44.3 Å². The molecule has 0 radical (unpaired) electrons. The van der Waals surface area contributed by atoms with Crippen molar-refractivity contribution in [3.05, 3.63) is 24.3 Å². The Morgan fingerprint density at radius 1 is 1.53 bits per heavy atom. The Morgan fingerprint density at radius 2 is 2.29 bits per heavy atom. The summed E-state index contributed by atoms with van der Waals surface area (Å²) >= 11 is 0. The Labute approximate surface area is 100 Å². The minimum Gasteiger partial charge on any atom is -0.495 e. The summed E-state index contributed by atoms with van der Waals surface area (Å²) in [6.45, 7) is 1.19. The van der Waals surface area contributed by atoms with Gasteiger partial charge >= 0.3 is 6.09 Å². The number of amides is 1. The third-order valence-electron chi connectivity index (χ3n) is 2.68. The van der Waals surface area contributed by atoms with Gasteiger partial charge in [0.05, 0.1) is 25.9 Å². The number of cyclic esters (lactones) is 1. The third-order valence-corrected chi connectivity index (χ3v) is 2.68. The number of nitrogens with one attached hydrogen (secondary N) is 1. The summed E-state index contributed by atoms with van der Waals surface area (Å²) in [5, 5.41) is 3.22. The van der Waals surface area contributed by atoms with Crippen LogP contribution < -0.4 is 10.1 Å². The van der Waals surface area contributed by atoms with Crippen molar-refractivity contribution in [3.8, 4) is 5.75 Å². The molecule has 0 unspecified atom stereocenters. The van der Waals surface area contributed by atoms with E-state index < -0.39 is 0 Å². The second-order valence-corrected chi connectivity index (χ2v) is 3.97. The highest BCUT2D eigenvalue weighted by atomic mass is 16.6. The van der Waals surface area contributed by atoms with Gasteiger partial charge in [0.2, 0.25) is 0 Å². The summed E-state index contributed by atoms with van der Waals surface area (Å²) in [6.07, 6.45) is -0.380. The fourth-order valence-corrected chi connectivity index (χ4v) is 1.77. The number of carbonyl (C=O) groups excluding carboxylic acids is 1. The molecule has 1 aliphatic rings. The minimum atomic E-state index is -0.267. The van der Waals surface area contributed by atoms with Gasteiger partial charge in [-0.15, -0.1) is 0 Å². The van der Waals surface area contributed by atoms with Gasteiger partial charge in [0, 0.05) is 7.05 Å². The fraction of sp³-hybridized carbons (Fsp3) is 0.417. The molecule has 1 aromatic carbocycles. The Balaban J connectivity index is 1.92. The van der Waals surface area contributed by atoms with Crippen molar-refractivity contribution >= 4 is 11.8 Å². The van der Waals surface area contributed by atoms with Gasteiger partial charge in [-0.3, -0.25) is 0 Å². The molecular weight excluding hydrogens is 220 g/mol.